The predicted molar refractivity (Wildman–Crippen MR) is 82.1 cm³/mol. The highest BCUT2D eigenvalue weighted by Gasteiger charge is 2.28. The largest absolute Gasteiger partial charge is 0.371 e. The number of halogens is 1. The molecule has 2 fully saturated rings. The van der Waals surface area contributed by atoms with Gasteiger partial charge in [-0.15, -0.1) is 0 Å². The first-order valence-corrected chi connectivity index (χ1v) is 8.55. The van der Waals surface area contributed by atoms with Gasteiger partial charge in [0, 0.05) is 24.2 Å². The maximum Gasteiger partial charge on any atom is 0.0952 e. The fraction of sp³-hybridized carbons (Fsp3) is 0.600. The molecule has 19 heavy (non-hydrogen) atoms. The first-order valence-electron chi connectivity index (χ1n) is 7.02. The minimum Gasteiger partial charge on any atom is -0.371 e. The average molecular weight is 298 g/mol. The zero-order valence-electron chi connectivity index (χ0n) is 11.1. The van der Waals surface area contributed by atoms with Crippen LogP contribution in [0.1, 0.15) is 24.5 Å². The number of thioether (sulfide) groups is 1. The number of benzene rings is 1. The summed E-state index contributed by atoms with van der Waals surface area (Å²) < 4.78 is 5.93. The Balaban J connectivity index is 1.65. The van der Waals surface area contributed by atoms with Gasteiger partial charge in [0.2, 0.25) is 0 Å². The highest BCUT2D eigenvalue weighted by Crippen LogP contribution is 2.28. The molecular formula is C15H20ClNOS. The molecule has 1 atom stereocenters. The number of nitrogens with zero attached hydrogens (tertiary/aromatic N) is 1. The van der Waals surface area contributed by atoms with Gasteiger partial charge >= 0.3 is 0 Å². The van der Waals surface area contributed by atoms with Crippen molar-refractivity contribution in [1.29, 1.82) is 0 Å². The average Bonchev–Trinajstić information content (AvgIpc) is 2.49. The Hall–Kier alpha value is -0.220. The second-order valence-electron chi connectivity index (χ2n) is 5.25. The molecule has 2 saturated heterocycles. The second-order valence-corrected chi connectivity index (χ2v) is 6.91. The Labute approximate surface area is 124 Å². The summed E-state index contributed by atoms with van der Waals surface area (Å²) in [5, 5.41) is 0.792. The van der Waals surface area contributed by atoms with Crippen LogP contribution in [-0.4, -0.2) is 42.1 Å². The van der Waals surface area contributed by atoms with E-state index in [0.717, 1.165) is 30.8 Å². The number of hydrogen-bond donors (Lipinski definition) is 0. The topological polar surface area (TPSA) is 12.5 Å². The lowest BCUT2D eigenvalue weighted by molar-refractivity contribution is -0.0460. The van der Waals surface area contributed by atoms with Crippen LogP contribution < -0.4 is 0 Å². The minimum absolute atomic E-state index is 0.209. The van der Waals surface area contributed by atoms with Gasteiger partial charge in [-0.3, -0.25) is 4.90 Å². The molecule has 0 saturated carbocycles. The van der Waals surface area contributed by atoms with Gasteiger partial charge < -0.3 is 4.74 Å². The van der Waals surface area contributed by atoms with Gasteiger partial charge in [-0.1, -0.05) is 23.7 Å². The van der Waals surface area contributed by atoms with Gasteiger partial charge in [0.25, 0.3) is 0 Å². The lowest BCUT2D eigenvalue weighted by Gasteiger charge is -2.40. The molecule has 0 unspecified atom stereocenters. The van der Waals surface area contributed by atoms with Gasteiger partial charge in [0.05, 0.1) is 12.7 Å². The molecule has 0 bridgehead atoms. The molecule has 1 aromatic carbocycles. The summed E-state index contributed by atoms with van der Waals surface area (Å²) in [6.45, 7) is 2.95. The van der Waals surface area contributed by atoms with Crippen molar-refractivity contribution in [2.45, 2.75) is 25.0 Å². The standard InChI is InChI=1S/C15H20ClNOS/c16-13-3-1-12(2-4-13)15-11-17(7-8-18-15)14-5-9-19-10-6-14/h1-4,14-15H,5-11H2/t15-/m1/s1. The molecule has 0 radical (unpaired) electrons. The Morgan fingerprint density at radius 1 is 1.16 bits per heavy atom. The monoisotopic (exact) mass is 297 g/mol. The van der Waals surface area contributed by atoms with Crippen molar-refractivity contribution in [3.63, 3.8) is 0 Å². The third-order valence-corrected chi connectivity index (χ3v) is 5.35. The van der Waals surface area contributed by atoms with E-state index in [1.54, 1.807) is 0 Å². The van der Waals surface area contributed by atoms with E-state index < -0.39 is 0 Å². The van der Waals surface area contributed by atoms with Gasteiger partial charge in [0.15, 0.2) is 0 Å². The van der Waals surface area contributed by atoms with E-state index in [9.17, 15) is 0 Å². The third kappa shape index (κ3) is 3.46. The molecule has 2 heterocycles. The van der Waals surface area contributed by atoms with Crippen LogP contribution in [0, 0.1) is 0 Å². The van der Waals surface area contributed by atoms with E-state index in [0.29, 0.717) is 0 Å². The van der Waals surface area contributed by atoms with Crippen LogP contribution in [0.2, 0.25) is 5.02 Å². The lowest BCUT2D eigenvalue weighted by Crippen LogP contribution is -2.46. The summed E-state index contributed by atoms with van der Waals surface area (Å²) in [5.74, 6) is 2.63. The van der Waals surface area contributed by atoms with E-state index in [1.165, 1.54) is 29.9 Å². The van der Waals surface area contributed by atoms with E-state index in [4.69, 9.17) is 16.3 Å². The molecular weight excluding hydrogens is 278 g/mol. The van der Waals surface area contributed by atoms with E-state index in [1.807, 2.05) is 12.1 Å². The molecule has 0 spiro atoms. The van der Waals surface area contributed by atoms with Crippen molar-refractivity contribution in [1.82, 2.24) is 4.90 Å². The van der Waals surface area contributed by atoms with Crippen LogP contribution in [-0.2, 0) is 4.74 Å². The molecule has 0 amide bonds. The fourth-order valence-electron chi connectivity index (χ4n) is 2.93. The quantitative estimate of drug-likeness (QED) is 0.827. The van der Waals surface area contributed by atoms with Crippen LogP contribution in [0.25, 0.3) is 0 Å². The smallest absolute Gasteiger partial charge is 0.0952 e. The van der Waals surface area contributed by atoms with Crippen LogP contribution in [0.5, 0.6) is 0 Å². The zero-order chi connectivity index (χ0) is 13.1. The minimum atomic E-state index is 0.209. The summed E-state index contributed by atoms with van der Waals surface area (Å²) >= 11 is 8.04. The number of rotatable bonds is 2. The molecule has 3 rings (SSSR count). The lowest BCUT2D eigenvalue weighted by atomic mass is 10.0. The zero-order valence-corrected chi connectivity index (χ0v) is 12.6. The van der Waals surface area contributed by atoms with Crippen molar-refractivity contribution < 1.29 is 4.74 Å². The van der Waals surface area contributed by atoms with Gasteiger partial charge in [-0.2, -0.15) is 11.8 Å². The third-order valence-electron chi connectivity index (χ3n) is 4.05. The van der Waals surface area contributed by atoms with Gasteiger partial charge in [-0.25, -0.2) is 0 Å². The van der Waals surface area contributed by atoms with E-state index in [2.05, 4.69) is 28.8 Å². The van der Waals surface area contributed by atoms with Crippen molar-refractivity contribution in [3.05, 3.63) is 34.9 Å². The molecule has 0 aliphatic carbocycles. The number of hydrogen-bond acceptors (Lipinski definition) is 3. The first kappa shape index (κ1) is 13.7. The second kappa shape index (κ2) is 6.49. The summed E-state index contributed by atoms with van der Waals surface area (Å²) in [5.41, 5.74) is 1.25. The Morgan fingerprint density at radius 2 is 1.89 bits per heavy atom. The molecule has 0 N–H and O–H groups in total. The molecule has 4 heteroatoms. The van der Waals surface area contributed by atoms with Gasteiger partial charge in [-0.05, 0) is 42.0 Å². The van der Waals surface area contributed by atoms with Gasteiger partial charge in [0.1, 0.15) is 0 Å². The molecule has 1 aromatic rings. The van der Waals surface area contributed by atoms with Crippen LogP contribution >= 0.6 is 23.4 Å². The van der Waals surface area contributed by atoms with E-state index in [-0.39, 0.29) is 6.10 Å². The summed E-state index contributed by atoms with van der Waals surface area (Å²) in [7, 11) is 0. The molecule has 0 aromatic heterocycles. The highest BCUT2D eigenvalue weighted by molar-refractivity contribution is 7.99. The summed E-state index contributed by atoms with van der Waals surface area (Å²) in [6.07, 6.45) is 2.87. The van der Waals surface area contributed by atoms with Crippen molar-refractivity contribution >= 4 is 23.4 Å². The maximum absolute atomic E-state index is 5.95. The van der Waals surface area contributed by atoms with Crippen LogP contribution in [0.15, 0.2) is 24.3 Å². The van der Waals surface area contributed by atoms with Crippen molar-refractivity contribution in [2.75, 3.05) is 31.2 Å². The van der Waals surface area contributed by atoms with Crippen molar-refractivity contribution in [2.24, 2.45) is 0 Å². The molecule has 2 nitrogen and oxygen atoms in total. The summed E-state index contributed by atoms with van der Waals surface area (Å²) in [6, 6.07) is 8.85. The predicted octanol–water partition coefficient (Wildman–Crippen LogP) is 3.61. The Bertz CT molecular complexity index is 405. The van der Waals surface area contributed by atoms with Crippen molar-refractivity contribution in [3.8, 4) is 0 Å². The van der Waals surface area contributed by atoms with Crippen LogP contribution in [0.4, 0.5) is 0 Å². The normalized spacial score (nSPS) is 26.5. The summed E-state index contributed by atoms with van der Waals surface area (Å²) in [4.78, 5) is 2.63. The maximum atomic E-state index is 5.95. The fourth-order valence-corrected chi connectivity index (χ4v) is 4.14. The van der Waals surface area contributed by atoms with Crippen LogP contribution in [0.3, 0.4) is 0 Å². The number of morpholine rings is 1. The molecule has 104 valence electrons. The highest BCUT2D eigenvalue weighted by atomic mass is 35.5. The SMILES string of the molecule is Clc1ccc([C@H]2CN(C3CCSCC3)CCO2)cc1. The molecule has 2 aliphatic rings. The first-order chi connectivity index (χ1) is 9.33. The molecule has 2 aliphatic heterocycles. The van der Waals surface area contributed by atoms with E-state index >= 15 is 0 Å². The Kier molecular flexibility index (Phi) is 4.69. The number of ether oxygens (including phenoxy) is 1. The Morgan fingerprint density at radius 3 is 2.63 bits per heavy atom.